The van der Waals surface area contributed by atoms with E-state index < -0.39 is 0 Å². The lowest BCUT2D eigenvalue weighted by atomic mass is 10.1. The second-order valence-electron chi connectivity index (χ2n) is 4.91. The molecule has 4 heteroatoms. The van der Waals surface area contributed by atoms with Gasteiger partial charge in [-0.3, -0.25) is 4.79 Å². The summed E-state index contributed by atoms with van der Waals surface area (Å²) < 4.78 is 0.899. The Balaban J connectivity index is 2.13. The number of nitrogens with one attached hydrogen (secondary N) is 1. The molecule has 0 aliphatic heterocycles. The molecule has 0 aliphatic rings. The van der Waals surface area contributed by atoms with E-state index >= 15 is 0 Å². The molecule has 0 heterocycles. The van der Waals surface area contributed by atoms with Crippen LogP contribution in [0.4, 0.5) is 11.4 Å². The van der Waals surface area contributed by atoms with Gasteiger partial charge < -0.3 is 11.1 Å². The Morgan fingerprint density at radius 3 is 2.65 bits per heavy atom. The topological polar surface area (TPSA) is 55.1 Å². The first-order valence-corrected chi connectivity index (χ1v) is 7.16. The highest BCUT2D eigenvalue weighted by molar-refractivity contribution is 9.10. The minimum atomic E-state index is -0.0525. The summed E-state index contributed by atoms with van der Waals surface area (Å²) >= 11 is 3.49. The molecule has 0 unspecified atom stereocenters. The van der Waals surface area contributed by atoms with Gasteiger partial charge in [0.05, 0.1) is 12.1 Å². The number of halogens is 1. The van der Waals surface area contributed by atoms with Crippen molar-refractivity contribution in [3.05, 3.63) is 57.6 Å². The molecule has 104 valence electrons. The Morgan fingerprint density at radius 2 is 2.00 bits per heavy atom. The van der Waals surface area contributed by atoms with Gasteiger partial charge in [-0.05, 0) is 64.7 Å². The van der Waals surface area contributed by atoms with E-state index in [4.69, 9.17) is 5.73 Å². The molecule has 2 aromatic rings. The van der Waals surface area contributed by atoms with Gasteiger partial charge in [0, 0.05) is 10.2 Å². The second kappa shape index (κ2) is 6.09. The van der Waals surface area contributed by atoms with Crippen molar-refractivity contribution in [2.24, 2.45) is 0 Å². The Hall–Kier alpha value is -1.81. The Morgan fingerprint density at radius 1 is 1.25 bits per heavy atom. The van der Waals surface area contributed by atoms with Gasteiger partial charge in [0.1, 0.15) is 0 Å². The van der Waals surface area contributed by atoms with Crippen molar-refractivity contribution in [3.8, 4) is 0 Å². The highest BCUT2D eigenvalue weighted by Crippen LogP contribution is 2.27. The van der Waals surface area contributed by atoms with Crippen LogP contribution in [-0.4, -0.2) is 5.91 Å². The van der Waals surface area contributed by atoms with Crippen LogP contribution >= 0.6 is 15.9 Å². The van der Waals surface area contributed by atoms with Gasteiger partial charge in [0.15, 0.2) is 0 Å². The molecule has 1 amide bonds. The first-order chi connectivity index (χ1) is 9.45. The number of nitrogens with two attached hydrogens (primary N) is 1. The van der Waals surface area contributed by atoms with Crippen molar-refractivity contribution in [1.82, 2.24) is 0 Å². The fourth-order valence-electron chi connectivity index (χ4n) is 2.15. The first kappa shape index (κ1) is 14.6. The molecule has 3 nitrogen and oxygen atoms in total. The van der Waals surface area contributed by atoms with Crippen LogP contribution in [0.15, 0.2) is 40.9 Å². The van der Waals surface area contributed by atoms with Gasteiger partial charge >= 0.3 is 0 Å². The Bertz CT molecular complexity index is 630. The quantitative estimate of drug-likeness (QED) is 0.839. The summed E-state index contributed by atoms with van der Waals surface area (Å²) in [5, 5.41) is 2.95. The number of hydrogen-bond donors (Lipinski definition) is 2. The standard InChI is InChI=1S/C16H17BrN2O/c1-10-6-11(2)16(14(17)7-10)19-15(20)9-12-4-3-5-13(18)8-12/h3-8H,9,18H2,1-2H3,(H,19,20). The maximum atomic E-state index is 12.1. The van der Waals surface area contributed by atoms with E-state index in [-0.39, 0.29) is 5.91 Å². The van der Waals surface area contributed by atoms with Crippen LogP contribution in [0.3, 0.4) is 0 Å². The molecule has 2 rings (SSSR count). The lowest BCUT2D eigenvalue weighted by molar-refractivity contribution is -0.115. The Labute approximate surface area is 127 Å². The van der Waals surface area contributed by atoms with E-state index in [9.17, 15) is 4.79 Å². The minimum absolute atomic E-state index is 0.0525. The number of anilines is 2. The van der Waals surface area contributed by atoms with Crippen molar-refractivity contribution in [2.45, 2.75) is 20.3 Å². The van der Waals surface area contributed by atoms with Crippen molar-refractivity contribution < 1.29 is 4.79 Å². The average molecular weight is 333 g/mol. The van der Waals surface area contributed by atoms with Gasteiger partial charge in [-0.1, -0.05) is 18.2 Å². The SMILES string of the molecule is Cc1cc(C)c(NC(=O)Cc2cccc(N)c2)c(Br)c1. The van der Waals surface area contributed by atoms with E-state index in [2.05, 4.69) is 21.2 Å². The normalized spacial score (nSPS) is 10.3. The zero-order valence-corrected chi connectivity index (χ0v) is 13.1. The third-order valence-corrected chi connectivity index (χ3v) is 3.64. The van der Waals surface area contributed by atoms with Crippen molar-refractivity contribution in [3.63, 3.8) is 0 Å². The number of hydrogen-bond acceptors (Lipinski definition) is 2. The summed E-state index contributed by atoms with van der Waals surface area (Å²) in [5.74, 6) is -0.0525. The zero-order valence-electron chi connectivity index (χ0n) is 11.5. The van der Waals surface area contributed by atoms with Gasteiger partial charge in [-0.2, -0.15) is 0 Å². The van der Waals surface area contributed by atoms with E-state index in [0.717, 1.165) is 26.9 Å². The summed E-state index contributed by atoms with van der Waals surface area (Å²) in [6.45, 7) is 4.00. The van der Waals surface area contributed by atoms with Crippen LogP contribution in [0, 0.1) is 13.8 Å². The van der Waals surface area contributed by atoms with E-state index in [1.165, 1.54) is 0 Å². The summed E-state index contributed by atoms with van der Waals surface area (Å²) in [5.41, 5.74) is 10.3. The maximum absolute atomic E-state index is 12.1. The fourth-order valence-corrected chi connectivity index (χ4v) is 2.92. The molecule has 0 atom stereocenters. The third-order valence-electron chi connectivity index (χ3n) is 3.01. The number of carbonyl (C=O) groups is 1. The van der Waals surface area contributed by atoms with Crippen LogP contribution in [-0.2, 0) is 11.2 Å². The molecule has 0 radical (unpaired) electrons. The van der Waals surface area contributed by atoms with Crippen molar-refractivity contribution in [1.29, 1.82) is 0 Å². The van der Waals surface area contributed by atoms with E-state index in [1.54, 1.807) is 0 Å². The number of nitrogen functional groups attached to an aromatic ring is 1. The summed E-state index contributed by atoms with van der Waals surface area (Å²) in [6.07, 6.45) is 0.310. The number of rotatable bonds is 3. The Kier molecular flexibility index (Phi) is 4.45. The van der Waals surface area contributed by atoms with Crippen LogP contribution in [0.25, 0.3) is 0 Å². The van der Waals surface area contributed by atoms with Crippen LogP contribution < -0.4 is 11.1 Å². The lowest BCUT2D eigenvalue weighted by Crippen LogP contribution is -2.15. The van der Waals surface area contributed by atoms with Gasteiger partial charge in [0.25, 0.3) is 0 Å². The van der Waals surface area contributed by atoms with Crippen LogP contribution in [0.5, 0.6) is 0 Å². The maximum Gasteiger partial charge on any atom is 0.228 e. The number of carbonyl (C=O) groups excluding carboxylic acids is 1. The smallest absolute Gasteiger partial charge is 0.228 e. The molecule has 0 spiro atoms. The molecule has 0 fully saturated rings. The summed E-state index contributed by atoms with van der Waals surface area (Å²) in [6, 6.07) is 11.4. The average Bonchev–Trinajstić information content (AvgIpc) is 2.33. The van der Waals surface area contributed by atoms with Crippen molar-refractivity contribution in [2.75, 3.05) is 11.1 Å². The monoisotopic (exact) mass is 332 g/mol. The molecule has 20 heavy (non-hydrogen) atoms. The minimum Gasteiger partial charge on any atom is -0.399 e. The molecule has 3 N–H and O–H groups in total. The van der Waals surface area contributed by atoms with Gasteiger partial charge in [-0.15, -0.1) is 0 Å². The van der Waals surface area contributed by atoms with E-state index in [0.29, 0.717) is 12.1 Å². The second-order valence-corrected chi connectivity index (χ2v) is 5.76. The predicted octanol–water partition coefficient (Wildman–Crippen LogP) is 3.83. The fraction of sp³-hybridized carbons (Fsp3) is 0.188. The molecule has 2 aromatic carbocycles. The lowest BCUT2D eigenvalue weighted by Gasteiger charge is -2.12. The predicted molar refractivity (Wildman–Crippen MR) is 86.8 cm³/mol. The first-order valence-electron chi connectivity index (χ1n) is 6.36. The summed E-state index contributed by atoms with van der Waals surface area (Å²) in [7, 11) is 0. The molecule has 0 aromatic heterocycles. The largest absolute Gasteiger partial charge is 0.399 e. The number of benzene rings is 2. The van der Waals surface area contributed by atoms with Crippen LogP contribution in [0.2, 0.25) is 0 Å². The molecule has 0 bridgehead atoms. The van der Waals surface area contributed by atoms with Crippen LogP contribution in [0.1, 0.15) is 16.7 Å². The van der Waals surface area contributed by atoms with Gasteiger partial charge in [-0.25, -0.2) is 0 Å². The summed E-state index contributed by atoms with van der Waals surface area (Å²) in [4.78, 5) is 12.1. The highest BCUT2D eigenvalue weighted by Gasteiger charge is 2.10. The zero-order chi connectivity index (χ0) is 14.7. The number of aryl methyl sites for hydroxylation is 2. The molecular formula is C16H17BrN2O. The molecular weight excluding hydrogens is 316 g/mol. The molecule has 0 saturated carbocycles. The third kappa shape index (κ3) is 3.61. The van der Waals surface area contributed by atoms with Crippen molar-refractivity contribution >= 4 is 33.2 Å². The number of amides is 1. The molecule has 0 aliphatic carbocycles. The van der Waals surface area contributed by atoms with E-state index in [1.807, 2.05) is 50.2 Å². The van der Waals surface area contributed by atoms with Gasteiger partial charge in [0.2, 0.25) is 5.91 Å². The highest BCUT2D eigenvalue weighted by atomic mass is 79.9. The molecule has 0 saturated heterocycles.